The van der Waals surface area contributed by atoms with Gasteiger partial charge in [0.1, 0.15) is 0 Å². The van der Waals surface area contributed by atoms with E-state index < -0.39 is 0 Å². The lowest BCUT2D eigenvalue weighted by Gasteiger charge is -2.39. The third-order valence-electron chi connectivity index (χ3n) is 4.26. The Labute approximate surface area is 117 Å². The molecule has 106 valence electrons. The zero-order chi connectivity index (χ0) is 13.8. The van der Waals surface area contributed by atoms with E-state index in [2.05, 4.69) is 67.6 Å². The lowest BCUT2D eigenvalue weighted by molar-refractivity contribution is 0.164. The number of hydrogen-bond acceptors (Lipinski definition) is 3. The van der Waals surface area contributed by atoms with E-state index in [9.17, 15) is 0 Å². The molecule has 1 aromatic rings. The normalized spacial score (nSPS) is 22.8. The van der Waals surface area contributed by atoms with Crippen LogP contribution in [0.25, 0.3) is 0 Å². The third kappa shape index (κ3) is 3.35. The molecule has 0 aliphatic heterocycles. The molecule has 0 bridgehead atoms. The average molecular weight is 261 g/mol. The van der Waals surface area contributed by atoms with Gasteiger partial charge >= 0.3 is 0 Å². The summed E-state index contributed by atoms with van der Waals surface area (Å²) in [5.41, 5.74) is 3.00. The quantitative estimate of drug-likeness (QED) is 0.871. The third-order valence-corrected chi connectivity index (χ3v) is 4.26. The molecular formula is C16H27N3. The summed E-state index contributed by atoms with van der Waals surface area (Å²) in [5.74, 6) is 0. The van der Waals surface area contributed by atoms with Gasteiger partial charge in [-0.25, -0.2) is 0 Å². The summed E-state index contributed by atoms with van der Waals surface area (Å²) in [6, 6.07) is 9.92. The summed E-state index contributed by atoms with van der Waals surface area (Å²) in [6.45, 7) is 2.24. The van der Waals surface area contributed by atoms with Gasteiger partial charge in [0.15, 0.2) is 0 Å². The molecule has 1 aliphatic carbocycles. The van der Waals surface area contributed by atoms with E-state index in [1.165, 1.54) is 24.0 Å². The zero-order valence-electron chi connectivity index (χ0n) is 12.7. The second kappa shape index (κ2) is 6.51. The van der Waals surface area contributed by atoms with Crippen LogP contribution in [0.1, 0.15) is 23.6 Å². The summed E-state index contributed by atoms with van der Waals surface area (Å²) in [5, 5.41) is 3.52. The molecule has 0 fully saturated rings. The molecule has 3 heteroatoms. The first kappa shape index (κ1) is 14.5. The molecule has 19 heavy (non-hydrogen) atoms. The molecule has 0 amide bonds. The fourth-order valence-corrected chi connectivity index (χ4v) is 3.09. The van der Waals surface area contributed by atoms with Gasteiger partial charge in [-0.1, -0.05) is 24.3 Å². The molecule has 0 saturated carbocycles. The lowest BCUT2D eigenvalue weighted by Crippen LogP contribution is -2.46. The molecule has 0 saturated heterocycles. The zero-order valence-corrected chi connectivity index (χ0v) is 12.7. The fraction of sp³-hybridized carbons (Fsp3) is 0.625. The number of rotatable bonds is 5. The van der Waals surface area contributed by atoms with E-state index in [-0.39, 0.29) is 0 Å². The van der Waals surface area contributed by atoms with Gasteiger partial charge in [0.2, 0.25) is 0 Å². The fourth-order valence-electron chi connectivity index (χ4n) is 3.09. The highest BCUT2D eigenvalue weighted by Crippen LogP contribution is 2.32. The topological polar surface area (TPSA) is 18.5 Å². The van der Waals surface area contributed by atoms with Crippen molar-refractivity contribution in [3.8, 4) is 0 Å². The molecule has 0 aromatic heterocycles. The van der Waals surface area contributed by atoms with Crippen molar-refractivity contribution in [2.75, 3.05) is 41.3 Å². The summed E-state index contributed by atoms with van der Waals surface area (Å²) in [4.78, 5) is 4.76. The summed E-state index contributed by atoms with van der Waals surface area (Å²) < 4.78 is 0. The van der Waals surface area contributed by atoms with Gasteiger partial charge in [0.05, 0.1) is 0 Å². The maximum Gasteiger partial charge on any atom is 0.0478 e. The first-order valence-corrected chi connectivity index (χ1v) is 7.23. The number of likely N-dealkylation sites (N-methyl/N-ethyl adjacent to an activating group) is 3. The predicted octanol–water partition coefficient (Wildman–Crippen LogP) is 1.76. The minimum atomic E-state index is 0.456. The summed E-state index contributed by atoms with van der Waals surface area (Å²) in [7, 11) is 8.62. The Morgan fingerprint density at radius 3 is 2.58 bits per heavy atom. The van der Waals surface area contributed by atoms with E-state index >= 15 is 0 Å². The number of benzene rings is 1. The van der Waals surface area contributed by atoms with Crippen molar-refractivity contribution in [2.24, 2.45) is 0 Å². The smallest absolute Gasteiger partial charge is 0.0478 e. The maximum atomic E-state index is 3.52. The highest BCUT2D eigenvalue weighted by atomic mass is 15.2. The van der Waals surface area contributed by atoms with E-state index in [1.54, 1.807) is 0 Å². The highest BCUT2D eigenvalue weighted by Gasteiger charge is 2.30. The molecule has 0 spiro atoms. The van der Waals surface area contributed by atoms with E-state index in [4.69, 9.17) is 0 Å². The average Bonchev–Trinajstić information content (AvgIpc) is 2.43. The van der Waals surface area contributed by atoms with E-state index in [0.29, 0.717) is 12.1 Å². The second-order valence-corrected chi connectivity index (χ2v) is 5.86. The number of nitrogens with zero attached hydrogens (tertiary/aromatic N) is 2. The standard InChI is InChI=1S/C16H27N3/c1-17-16-14-8-6-5-7-13(14)9-10-15(16)19(4)12-11-18(2)3/h5-8,15-17H,9-12H2,1-4H3. The molecule has 1 N–H and O–H groups in total. The van der Waals surface area contributed by atoms with Crippen molar-refractivity contribution in [1.82, 2.24) is 15.1 Å². The van der Waals surface area contributed by atoms with E-state index in [0.717, 1.165) is 13.1 Å². The largest absolute Gasteiger partial charge is 0.312 e. The number of aryl methyl sites for hydroxylation is 1. The van der Waals surface area contributed by atoms with Crippen LogP contribution < -0.4 is 5.32 Å². The van der Waals surface area contributed by atoms with Crippen LogP contribution in [0.2, 0.25) is 0 Å². The van der Waals surface area contributed by atoms with Crippen LogP contribution in [0.3, 0.4) is 0 Å². The Bertz CT molecular complexity index is 403. The van der Waals surface area contributed by atoms with E-state index in [1.807, 2.05) is 0 Å². The Kier molecular flexibility index (Phi) is 4.97. The minimum Gasteiger partial charge on any atom is -0.312 e. The van der Waals surface area contributed by atoms with Gasteiger partial charge in [-0.2, -0.15) is 0 Å². The Balaban J connectivity index is 2.10. The summed E-state index contributed by atoms with van der Waals surface area (Å²) in [6.07, 6.45) is 2.44. The molecule has 0 radical (unpaired) electrons. The van der Waals surface area contributed by atoms with Crippen molar-refractivity contribution in [1.29, 1.82) is 0 Å². The predicted molar refractivity (Wildman–Crippen MR) is 81.5 cm³/mol. The molecule has 1 aliphatic rings. The van der Waals surface area contributed by atoms with Crippen LogP contribution in [0.15, 0.2) is 24.3 Å². The van der Waals surface area contributed by atoms with Crippen molar-refractivity contribution >= 4 is 0 Å². The Morgan fingerprint density at radius 2 is 1.89 bits per heavy atom. The van der Waals surface area contributed by atoms with Gasteiger partial charge in [-0.3, -0.25) is 0 Å². The maximum absolute atomic E-state index is 3.52. The van der Waals surface area contributed by atoms with Crippen molar-refractivity contribution < 1.29 is 0 Å². The van der Waals surface area contributed by atoms with Crippen molar-refractivity contribution in [3.63, 3.8) is 0 Å². The molecule has 2 unspecified atom stereocenters. The Hall–Kier alpha value is -0.900. The lowest BCUT2D eigenvalue weighted by atomic mass is 9.83. The molecule has 2 rings (SSSR count). The van der Waals surface area contributed by atoms with Crippen LogP contribution in [0.5, 0.6) is 0 Å². The van der Waals surface area contributed by atoms with Gasteiger partial charge in [-0.15, -0.1) is 0 Å². The van der Waals surface area contributed by atoms with Crippen LogP contribution >= 0.6 is 0 Å². The molecule has 1 aromatic carbocycles. The molecular weight excluding hydrogens is 234 g/mol. The first-order chi connectivity index (χ1) is 9.13. The van der Waals surface area contributed by atoms with Gasteiger partial charge in [0.25, 0.3) is 0 Å². The van der Waals surface area contributed by atoms with Crippen LogP contribution in [0.4, 0.5) is 0 Å². The van der Waals surface area contributed by atoms with Crippen LogP contribution in [-0.4, -0.2) is 57.1 Å². The van der Waals surface area contributed by atoms with Gasteiger partial charge < -0.3 is 15.1 Å². The molecule has 2 atom stereocenters. The Morgan fingerprint density at radius 1 is 1.16 bits per heavy atom. The monoisotopic (exact) mass is 261 g/mol. The highest BCUT2D eigenvalue weighted by molar-refractivity contribution is 5.33. The van der Waals surface area contributed by atoms with Crippen molar-refractivity contribution in [2.45, 2.75) is 24.9 Å². The van der Waals surface area contributed by atoms with Gasteiger partial charge in [0, 0.05) is 25.2 Å². The number of nitrogens with one attached hydrogen (secondary N) is 1. The minimum absolute atomic E-state index is 0.456. The SMILES string of the molecule is CNC1c2ccccc2CCC1N(C)CCN(C)C. The molecule has 0 heterocycles. The van der Waals surface area contributed by atoms with Gasteiger partial charge in [-0.05, 0) is 52.2 Å². The van der Waals surface area contributed by atoms with Crippen LogP contribution in [0, 0.1) is 0 Å². The number of fused-ring (bicyclic) bond motifs is 1. The molecule has 3 nitrogen and oxygen atoms in total. The number of hydrogen-bond donors (Lipinski definition) is 1. The second-order valence-electron chi connectivity index (χ2n) is 5.86. The van der Waals surface area contributed by atoms with Crippen LogP contribution in [-0.2, 0) is 6.42 Å². The first-order valence-electron chi connectivity index (χ1n) is 7.23. The summed E-state index contributed by atoms with van der Waals surface area (Å²) >= 11 is 0. The van der Waals surface area contributed by atoms with Crippen molar-refractivity contribution in [3.05, 3.63) is 35.4 Å².